The van der Waals surface area contributed by atoms with E-state index in [0.29, 0.717) is 13.2 Å². The number of amides is 1. The van der Waals surface area contributed by atoms with Gasteiger partial charge < -0.3 is 14.6 Å². The van der Waals surface area contributed by atoms with E-state index < -0.39 is 5.54 Å². The fourth-order valence-electron chi connectivity index (χ4n) is 2.32. The molecule has 0 radical (unpaired) electrons. The fourth-order valence-corrected chi connectivity index (χ4v) is 3.16. The Morgan fingerprint density at radius 1 is 1.48 bits per heavy atom. The molecule has 2 aromatic rings. The monoisotopic (exact) mass is 360 g/mol. The average molecular weight is 360 g/mol. The first-order valence-corrected chi connectivity index (χ1v) is 9.19. The van der Waals surface area contributed by atoms with E-state index in [4.69, 9.17) is 4.74 Å². The first kappa shape index (κ1) is 19.3. The molecule has 0 aliphatic carbocycles. The summed E-state index contributed by atoms with van der Waals surface area (Å²) in [6, 6.07) is 10.1. The van der Waals surface area contributed by atoms with Crippen LogP contribution in [0.2, 0.25) is 0 Å². The third-order valence-corrected chi connectivity index (χ3v) is 5.23. The highest BCUT2D eigenvalue weighted by atomic mass is 32.2. The van der Waals surface area contributed by atoms with E-state index in [0.717, 1.165) is 16.2 Å². The third kappa shape index (κ3) is 4.53. The Kier molecular flexibility index (Phi) is 6.45. The van der Waals surface area contributed by atoms with Crippen molar-refractivity contribution < 1.29 is 9.53 Å². The highest BCUT2D eigenvalue weighted by molar-refractivity contribution is 7.99. The van der Waals surface area contributed by atoms with Gasteiger partial charge in [0.05, 0.1) is 29.5 Å². The number of imidazole rings is 1. The molecular weight excluding hydrogens is 336 g/mol. The van der Waals surface area contributed by atoms with E-state index in [2.05, 4.69) is 20.9 Å². The maximum atomic E-state index is 12.3. The van der Waals surface area contributed by atoms with Crippen LogP contribution in [-0.4, -0.2) is 40.5 Å². The van der Waals surface area contributed by atoms with E-state index in [9.17, 15) is 10.1 Å². The summed E-state index contributed by atoms with van der Waals surface area (Å²) in [6.07, 6.45) is 0. The fraction of sp³-hybridized carbons (Fsp3) is 0.500. The molecule has 1 aromatic carbocycles. The maximum Gasteiger partial charge on any atom is 0.231 e. The topological polar surface area (TPSA) is 79.9 Å². The number of ether oxygens (including phenoxy) is 1. The van der Waals surface area contributed by atoms with Gasteiger partial charge in [-0.1, -0.05) is 37.7 Å². The second-order valence-electron chi connectivity index (χ2n) is 6.33. The number of nitriles is 1. The summed E-state index contributed by atoms with van der Waals surface area (Å²) in [5, 5.41) is 12.9. The molecule has 7 heteroatoms. The van der Waals surface area contributed by atoms with Crippen LogP contribution in [0.1, 0.15) is 20.8 Å². The first-order valence-electron chi connectivity index (χ1n) is 8.20. The first-order chi connectivity index (χ1) is 11.9. The van der Waals surface area contributed by atoms with Crippen molar-refractivity contribution in [3.05, 3.63) is 24.3 Å². The molecule has 0 bridgehead atoms. The van der Waals surface area contributed by atoms with Crippen LogP contribution in [0, 0.1) is 17.2 Å². The number of para-hydroxylation sites is 2. The lowest BCUT2D eigenvalue weighted by molar-refractivity contribution is -0.120. The quantitative estimate of drug-likeness (QED) is 0.732. The van der Waals surface area contributed by atoms with E-state index in [-0.39, 0.29) is 17.6 Å². The molecule has 0 spiro atoms. The van der Waals surface area contributed by atoms with Crippen LogP contribution in [0.25, 0.3) is 11.0 Å². The van der Waals surface area contributed by atoms with Crippen LogP contribution in [0.3, 0.4) is 0 Å². The zero-order chi connectivity index (χ0) is 18.4. The Hall–Kier alpha value is -2.04. The Bertz CT molecular complexity index is 781. The molecule has 0 saturated heterocycles. The van der Waals surface area contributed by atoms with Gasteiger partial charge in [0.1, 0.15) is 5.54 Å². The SMILES string of the molecule is COCCn1c(SCC(=O)NC(C)(C#N)C(C)C)nc2ccccc21. The Morgan fingerprint density at radius 2 is 2.20 bits per heavy atom. The molecule has 0 saturated carbocycles. The van der Waals surface area contributed by atoms with Crippen LogP contribution in [0.5, 0.6) is 0 Å². The van der Waals surface area contributed by atoms with Gasteiger partial charge in [-0.05, 0) is 25.0 Å². The molecule has 0 fully saturated rings. The molecule has 1 heterocycles. The molecule has 134 valence electrons. The molecular formula is C18H24N4O2S. The number of methoxy groups -OCH3 is 1. The minimum absolute atomic E-state index is 0.0257. The van der Waals surface area contributed by atoms with E-state index in [1.807, 2.05) is 38.1 Å². The molecule has 1 aromatic heterocycles. The number of hydrogen-bond donors (Lipinski definition) is 1. The Morgan fingerprint density at radius 3 is 2.84 bits per heavy atom. The number of nitrogens with one attached hydrogen (secondary N) is 1. The summed E-state index contributed by atoms with van der Waals surface area (Å²) in [6.45, 7) is 6.82. The number of aromatic nitrogens is 2. The number of rotatable bonds is 8. The van der Waals surface area contributed by atoms with Crippen LogP contribution < -0.4 is 5.32 Å². The van der Waals surface area contributed by atoms with Crippen molar-refractivity contribution in [2.24, 2.45) is 5.92 Å². The van der Waals surface area contributed by atoms with Crippen molar-refractivity contribution in [3.8, 4) is 6.07 Å². The van der Waals surface area contributed by atoms with Gasteiger partial charge in [-0.25, -0.2) is 4.98 Å². The number of hydrogen-bond acceptors (Lipinski definition) is 5. The van der Waals surface area contributed by atoms with Gasteiger partial charge in [0.2, 0.25) is 5.91 Å². The Balaban J connectivity index is 2.12. The average Bonchev–Trinajstić information content (AvgIpc) is 2.95. The van der Waals surface area contributed by atoms with Gasteiger partial charge in [-0.3, -0.25) is 4.79 Å². The van der Waals surface area contributed by atoms with Crippen molar-refractivity contribution in [1.82, 2.24) is 14.9 Å². The normalized spacial score (nSPS) is 13.6. The lowest BCUT2D eigenvalue weighted by atomic mass is 9.90. The standard InChI is InChI=1S/C18H24N4O2S/c1-13(2)18(3,12-19)21-16(23)11-25-17-20-14-7-5-6-8-15(14)22(17)9-10-24-4/h5-8,13H,9-11H2,1-4H3,(H,21,23). The van der Waals surface area contributed by atoms with Crippen LogP contribution in [0.4, 0.5) is 0 Å². The highest BCUT2D eigenvalue weighted by Gasteiger charge is 2.30. The second-order valence-corrected chi connectivity index (χ2v) is 7.28. The van der Waals surface area contributed by atoms with Crippen molar-refractivity contribution >= 4 is 28.7 Å². The molecule has 25 heavy (non-hydrogen) atoms. The number of carbonyl (C=O) groups is 1. The van der Waals surface area contributed by atoms with Crippen LogP contribution in [-0.2, 0) is 16.1 Å². The smallest absolute Gasteiger partial charge is 0.231 e. The molecule has 0 aliphatic heterocycles. The minimum atomic E-state index is -0.867. The van der Waals surface area contributed by atoms with Gasteiger partial charge in [0, 0.05) is 13.7 Å². The predicted molar refractivity (Wildman–Crippen MR) is 99.3 cm³/mol. The van der Waals surface area contributed by atoms with Gasteiger partial charge in [-0.2, -0.15) is 5.26 Å². The van der Waals surface area contributed by atoms with Gasteiger partial charge in [0.25, 0.3) is 0 Å². The van der Waals surface area contributed by atoms with Crippen molar-refractivity contribution in [2.75, 3.05) is 19.5 Å². The minimum Gasteiger partial charge on any atom is -0.383 e. The van der Waals surface area contributed by atoms with E-state index in [1.54, 1.807) is 14.0 Å². The Labute approximate surface area is 152 Å². The van der Waals surface area contributed by atoms with Gasteiger partial charge in [0.15, 0.2) is 5.16 Å². The van der Waals surface area contributed by atoms with E-state index >= 15 is 0 Å². The number of carbonyl (C=O) groups excluding carboxylic acids is 1. The largest absolute Gasteiger partial charge is 0.383 e. The summed E-state index contributed by atoms with van der Waals surface area (Å²) in [7, 11) is 1.66. The predicted octanol–water partition coefficient (Wildman–Crippen LogP) is 2.83. The van der Waals surface area contributed by atoms with Crippen LogP contribution >= 0.6 is 11.8 Å². The summed E-state index contributed by atoms with van der Waals surface area (Å²) < 4.78 is 7.24. The molecule has 6 nitrogen and oxygen atoms in total. The summed E-state index contributed by atoms with van der Waals surface area (Å²) >= 11 is 1.37. The zero-order valence-corrected chi connectivity index (χ0v) is 15.9. The number of nitrogens with zero attached hydrogens (tertiary/aromatic N) is 3. The third-order valence-electron chi connectivity index (χ3n) is 4.26. The molecule has 1 amide bonds. The number of benzene rings is 1. The molecule has 0 aliphatic rings. The summed E-state index contributed by atoms with van der Waals surface area (Å²) in [5.74, 6) is 0.0612. The number of fused-ring (bicyclic) bond motifs is 1. The van der Waals surface area contributed by atoms with Crippen LogP contribution in [0.15, 0.2) is 29.4 Å². The summed E-state index contributed by atoms with van der Waals surface area (Å²) in [4.78, 5) is 16.9. The molecule has 1 unspecified atom stereocenters. The maximum absolute atomic E-state index is 12.3. The molecule has 1 N–H and O–H groups in total. The highest BCUT2D eigenvalue weighted by Crippen LogP contribution is 2.24. The van der Waals surface area contributed by atoms with Crippen molar-refractivity contribution in [3.63, 3.8) is 0 Å². The lowest BCUT2D eigenvalue weighted by Crippen LogP contribution is -2.49. The molecule has 2 rings (SSSR count). The van der Waals surface area contributed by atoms with Gasteiger partial charge >= 0.3 is 0 Å². The number of thioether (sulfide) groups is 1. The van der Waals surface area contributed by atoms with Crippen molar-refractivity contribution in [2.45, 2.75) is 38.0 Å². The second kappa shape index (κ2) is 8.37. The zero-order valence-electron chi connectivity index (χ0n) is 15.1. The van der Waals surface area contributed by atoms with Crippen molar-refractivity contribution in [1.29, 1.82) is 5.26 Å². The molecule has 1 atom stereocenters. The van der Waals surface area contributed by atoms with E-state index in [1.165, 1.54) is 11.8 Å². The lowest BCUT2D eigenvalue weighted by Gasteiger charge is -2.27. The van der Waals surface area contributed by atoms with Gasteiger partial charge in [-0.15, -0.1) is 0 Å². The summed E-state index contributed by atoms with van der Waals surface area (Å²) in [5.41, 5.74) is 1.05.